The van der Waals surface area contributed by atoms with Gasteiger partial charge >= 0.3 is 0 Å². The molecule has 1 saturated heterocycles. The summed E-state index contributed by atoms with van der Waals surface area (Å²) >= 11 is 0. The van der Waals surface area contributed by atoms with Crippen molar-refractivity contribution in [1.29, 1.82) is 0 Å². The summed E-state index contributed by atoms with van der Waals surface area (Å²) in [5.41, 5.74) is 6.70. The average Bonchev–Trinajstić information content (AvgIpc) is 2.96. The molecule has 3 N–H and O–H groups in total. The fourth-order valence-electron chi connectivity index (χ4n) is 3.27. The molecule has 1 aromatic rings. The van der Waals surface area contributed by atoms with Gasteiger partial charge in [0.1, 0.15) is 5.69 Å². The van der Waals surface area contributed by atoms with Crippen molar-refractivity contribution in [3.05, 3.63) is 24.0 Å². The molecule has 1 saturated carbocycles. The number of nitrogens with two attached hydrogens (primary N) is 1. The van der Waals surface area contributed by atoms with E-state index in [-0.39, 0.29) is 5.91 Å². The van der Waals surface area contributed by atoms with Gasteiger partial charge in [0, 0.05) is 25.3 Å². The fourth-order valence-corrected chi connectivity index (χ4v) is 3.27. The second-order valence-electron chi connectivity index (χ2n) is 5.39. The van der Waals surface area contributed by atoms with Gasteiger partial charge in [-0.25, -0.2) is 0 Å². The lowest BCUT2D eigenvalue weighted by Crippen LogP contribution is -2.32. The molecule has 4 nitrogen and oxygen atoms in total. The lowest BCUT2D eigenvalue weighted by atomic mass is 9.79. The van der Waals surface area contributed by atoms with Crippen LogP contribution in [0.15, 0.2) is 18.3 Å². The minimum absolute atomic E-state index is 0.137. The first-order chi connectivity index (χ1) is 8.24. The van der Waals surface area contributed by atoms with Gasteiger partial charge in [-0.2, -0.15) is 0 Å². The number of nitrogens with zero attached hydrogens (tertiary/aromatic N) is 1. The third-order valence-corrected chi connectivity index (χ3v) is 4.21. The van der Waals surface area contributed by atoms with E-state index in [9.17, 15) is 4.79 Å². The van der Waals surface area contributed by atoms with Crippen LogP contribution in [-0.2, 0) is 0 Å². The minimum Gasteiger partial charge on any atom is -0.357 e. The molecule has 92 valence electrons. The van der Waals surface area contributed by atoms with Gasteiger partial charge in [0.15, 0.2) is 0 Å². The number of aromatic nitrogens is 1. The fraction of sp³-hybridized carbons (Fsp3) is 0.615. The van der Waals surface area contributed by atoms with Crippen LogP contribution in [0.2, 0.25) is 0 Å². The molecule has 1 unspecified atom stereocenters. The Morgan fingerprint density at radius 1 is 1.35 bits per heavy atom. The largest absolute Gasteiger partial charge is 0.357 e. The second-order valence-corrected chi connectivity index (χ2v) is 5.39. The molecule has 0 spiro atoms. The monoisotopic (exact) mass is 233 g/mol. The van der Waals surface area contributed by atoms with Crippen molar-refractivity contribution in [3.8, 4) is 0 Å². The highest BCUT2D eigenvalue weighted by molar-refractivity contribution is 5.92. The summed E-state index contributed by atoms with van der Waals surface area (Å²) in [6.45, 7) is 1.80. The van der Waals surface area contributed by atoms with Gasteiger partial charge in [0.05, 0.1) is 0 Å². The Morgan fingerprint density at radius 2 is 2.18 bits per heavy atom. The van der Waals surface area contributed by atoms with Crippen LogP contribution in [0.25, 0.3) is 0 Å². The highest BCUT2D eigenvalue weighted by atomic mass is 16.2. The van der Waals surface area contributed by atoms with Crippen LogP contribution in [0.3, 0.4) is 0 Å². The number of hydrogen-bond donors (Lipinski definition) is 2. The Morgan fingerprint density at radius 3 is 2.94 bits per heavy atom. The summed E-state index contributed by atoms with van der Waals surface area (Å²) in [5, 5.41) is 0. The number of aromatic amines is 1. The number of H-pyrrole nitrogens is 1. The van der Waals surface area contributed by atoms with Crippen molar-refractivity contribution in [2.24, 2.45) is 17.6 Å². The molecule has 0 bridgehead atoms. The third-order valence-electron chi connectivity index (χ3n) is 4.21. The SMILES string of the molecule is NC1CC[C@H]2CN(C(=O)c3ccc[nH]3)C[C@H]2C1. The van der Waals surface area contributed by atoms with E-state index in [1.807, 2.05) is 17.0 Å². The van der Waals surface area contributed by atoms with Gasteiger partial charge in [0.2, 0.25) is 0 Å². The Bertz CT molecular complexity index is 401. The summed E-state index contributed by atoms with van der Waals surface area (Å²) in [6.07, 6.45) is 5.18. The van der Waals surface area contributed by atoms with Gasteiger partial charge in [-0.1, -0.05) is 0 Å². The van der Waals surface area contributed by atoms with Gasteiger partial charge in [-0.15, -0.1) is 0 Å². The van der Waals surface area contributed by atoms with E-state index < -0.39 is 0 Å². The van der Waals surface area contributed by atoms with Gasteiger partial charge in [-0.05, 0) is 43.2 Å². The van der Waals surface area contributed by atoms with Gasteiger partial charge in [-0.3, -0.25) is 4.79 Å². The van der Waals surface area contributed by atoms with Crippen molar-refractivity contribution in [2.45, 2.75) is 25.3 Å². The maximum absolute atomic E-state index is 12.2. The zero-order valence-corrected chi connectivity index (χ0v) is 9.93. The molecule has 3 rings (SSSR count). The van der Waals surface area contributed by atoms with Crippen molar-refractivity contribution >= 4 is 5.91 Å². The van der Waals surface area contributed by atoms with Crippen LogP contribution in [0.1, 0.15) is 29.8 Å². The molecular formula is C13H19N3O. The van der Waals surface area contributed by atoms with E-state index in [2.05, 4.69) is 4.98 Å². The Hall–Kier alpha value is -1.29. The molecule has 2 heterocycles. The minimum atomic E-state index is 0.137. The first kappa shape index (κ1) is 10.8. The van der Waals surface area contributed by atoms with E-state index >= 15 is 0 Å². The summed E-state index contributed by atoms with van der Waals surface area (Å²) < 4.78 is 0. The lowest BCUT2D eigenvalue weighted by molar-refractivity contribution is 0.0779. The molecule has 1 aliphatic carbocycles. The maximum Gasteiger partial charge on any atom is 0.270 e. The topological polar surface area (TPSA) is 62.1 Å². The van der Waals surface area contributed by atoms with Crippen LogP contribution < -0.4 is 5.73 Å². The van der Waals surface area contributed by atoms with Crippen molar-refractivity contribution < 1.29 is 4.79 Å². The van der Waals surface area contributed by atoms with Crippen LogP contribution in [0.4, 0.5) is 0 Å². The summed E-state index contributed by atoms with van der Waals surface area (Å²) in [4.78, 5) is 17.2. The molecule has 1 aliphatic heterocycles. The Labute approximate surface area is 101 Å². The number of carbonyl (C=O) groups is 1. The smallest absolute Gasteiger partial charge is 0.270 e. The van der Waals surface area contributed by atoms with E-state index in [4.69, 9.17) is 5.73 Å². The van der Waals surface area contributed by atoms with Crippen molar-refractivity contribution in [1.82, 2.24) is 9.88 Å². The number of amides is 1. The zero-order chi connectivity index (χ0) is 11.8. The van der Waals surface area contributed by atoms with E-state index in [0.717, 1.165) is 25.9 Å². The first-order valence-electron chi connectivity index (χ1n) is 6.42. The molecule has 1 aromatic heterocycles. The molecule has 0 aromatic carbocycles. The number of nitrogens with one attached hydrogen (secondary N) is 1. The number of fused-ring (bicyclic) bond motifs is 1. The molecule has 1 amide bonds. The zero-order valence-electron chi connectivity index (χ0n) is 9.93. The summed E-state index contributed by atoms with van der Waals surface area (Å²) in [6, 6.07) is 4.05. The van der Waals surface area contributed by atoms with E-state index in [0.29, 0.717) is 23.6 Å². The third kappa shape index (κ3) is 1.97. The predicted molar refractivity (Wildman–Crippen MR) is 65.5 cm³/mol. The standard InChI is InChI=1S/C13H19N3O/c14-11-4-3-9-7-16(8-10(9)6-11)13(17)12-2-1-5-15-12/h1-2,5,9-11,15H,3-4,6-8,14H2/t9-,10+,11?/m0/s1. The number of likely N-dealkylation sites (tertiary alicyclic amines) is 1. The number of carbonyl (C=O) groups excluding carboxylic acids is 1. The molecule has 2 fully saturated rings. The average molecular weight is 233 g/mol. The van der Waals surface area contributed by atoms with Crippen molar-refractivity contribution in [2.75, 3.05) is 13.1 Å². The number of hydrogen-bond acceptors (Lipinski definition) is 2. The Balaban J connectivity index is 1.69. The number of rotatable bonds is 1. The van der Waals surface area contributed by atoms with Gasteiger partial charge < -0.3 is 15.6 Å². The summed E-state index contributed by atoms with van der Waals surface area (Å²) in [7, 11) is 0. The van der Waals surface area contributed by atoms with Gasteiger partial charge in [0.25, 0.3) is 5.91 Å². The van der Waals surface area contributed by atoms with Crippen LogP contribution >= 0.6 is 0 Å². The summed E-state index contributed by atoms with van der Waals surface area (Å²) in [5.74, 6) is 1.43. The quantitative estimate of drug-likeness (QED) is 0.766. The molecule has 17 heavy (non-hydrogen) atoms. The lowest BCUT2D eigenvalue weighted by Gasteiger charge is -2.27. The van der Waals surface area contributed by atoms with E-state index in [1.54, 1.807) is 6.20 Å². The van der Waals surface area contributed by atoms with Crippen molar-refractivity contribution in [3.63, 3.8) is 0 Å². The first-order valence-corrected chi connectivity index (χ1v) is 6.42. The van der Waals surface area contributed by atoms with Crippen LogP contribution in [0, 0.1) is 11.8 Å². The predicted octanol–water partition coefficient (Wildman–Crippen LogP) is 1.21. The highest BCUT2D eigenvalue weighted by Gasteiger charge is 2.38. The maximum atomic E-state index is 12.2. The molecule has 3 atom stereocenters. The highest BCUT2D eigenvalue weighted by Crippen LogP contribution is 2.36. The van der Waals surface area contributed by atoms with E-state index in [1.165, 1.54) is 6.42 Å². The Kier molecular flexibility index (Phi) is 2.67. The molecule has 0 radical (unpaired) electrons. The molecular weight excluding hydrogens is 214 g/mol. The second kappa shape index (κ2) is 4.18. The normalized spacial score (nSPS) is 32.5. The molecule has 2 aliphatic rings. The van der Waals surface area contributed by atoms with Crippen LogP contribution in [0.5, 0.6) is 0 Å². The molecule has 4 heteroatoms. The van der Waals surface area contributed by atoms with Crippen LogP contribution in [-0.4, -0.2) is 34.9 Å².